The molecule has 2 heterocycles. The highest BCUT2D eigenvalue weighted by Gasteiger charge is 2.10. The average Bonchev–Trinajstić information content (AvgIpc) is 3.31. The van der Waals surface area contributed by atoms with Gasteiger partial charge in [-0.05, 0) is 109 Å². The summed E-state index contributed by atoms with van der Waals surface area (Å²) in [5.74, 6) is 5.73. The van der Waals surface area contributed by atoms with Crippen LogP contribution in [0.25, 0.3) is 0 Å². The second-order valence-electron chi connectivity index (χ2n) is 13.8. The van der Waals surface area contributed by atoms with Crippen molar-refractivity contribution in [3.63, 3.8) is 0 Å². The summed E-state index contributed by atoms with van der Waals surface area (Å²) in [5, 5.41) is 7.85. The maximum Gasteiger partial charge on any atom is 0.161 e. The molecule has 62 heavy (non-hydrogen) atoms. The van der Waals surface area contributed by atoms with E-state index in [0.29, 0.717) is 46.5 Å². The third-order valence-electron chi connectivity index (χ3n) is 9.56. The van der Waals surface area contributed by atoms with Crippen LogP contribution in [0.15, 0.2) is 109 Å². The van der Waals surface area contributed by atoms with E-state index in [2.05, 4.69) is 32.7 Å². The minimum Gasteiger partial charge on any atom is -0.493 e. The Morgan fingerprint density at radius 3 is 1.06 bits per heavy atom. The quantitative estimate of drug-likeness (QED) is 0.0499. The zero-order valence-corrected chi connectivity index (χ0v) is 37.5. The number of hydrogen-bond acceptors (Lipinski definition) is 12. The molecular weight excluding hydrogens is 831 g/mol. The number of hydrogen-bond donors (Lipinski definition) is 2. The first-order valence-corrected chi connectivity index (χ1v) is 20.6. The van der Waals surface area contributed by atoms with E-state index in [0.717, 1.165) is 84.3 Å². The van der Waals surface area contributed by atoms with Gasteiger partial charge in [-0.1, -0.05) is 59.6 Å². The summed E-state index contributed by atoms with van der Waals surface area (Å²) in [6.07, 6.45) is 5.17. The Hall–Kier alpha value is -5.92. The Kier molecular flexibility index (Phi) is 19.1. The smallest absolute Gasteiger partial charge is 0.161 e. The molecule has 6 aromatic rings. The van der Waals surface area contributed by atoms with E-state index < -0.39 is 0 Å². The van der Waals surface area contributed by atoms with Gasteiger partial charge in [0.05, 0.1) is 42.7 Å². The van der Waals surface area contributed by atoms with Gasteiger partial charge in [0.2, 0.25) is 0 Å². The Balaban J connectivity index is 0.000000234. The maximum atomic E-state index is 5.88. The third-order valence-corrected chi connectivity index (χ3v) is 10.0. The second kappa shape index (κ2) is 25.1. The molecule has 0 fully saturated rings. The monoisotopic (exact) mass is 884 g/mol. The number of nitrogens with one attached hydrogen (secondary N) is 2. The van der Waals surface area contributed by atoms with E-state index in [4.69, 9.17) is 61.1 Å². The molecule has 14 heteroatoms. The number of methoxy groups -OCH3 is 6. The van der Waals surface area contributed by atoms with Crippen LogP contribution in [0, 0.1) is 0 Å². The van der Waals surface area contributed by atoms with E-state index >= 15 is 0 Å². The molecule has 2 N–H and O–H groups in total. The van der Waals surface area contributed by atoms with Gasteiger partial charge in [0.25, 0.3) is 0 Å². The molecular formula is C48H54Cl2N4O8. The van der Waals surface area contributed by atoms with Gasteiger partial charge in [0.15, 0.2) is 46.0 Å². The van der Waals surface area contributed by atoms with E-state index in [1.54, 1.807) is 67.2 Å². The Labute approximate surface area is 374 Å². The zero-order valence-electron chi connectivity index (χ0n) is 36.0. The van der Waals surface area contributed by atoms with Crippen LogP contribution in [0.4, 0.5) is 0 Å². The van der Waals surface area contributed by atoms with Gasteiger partial charge in [-0.2, -0.15) is 0 Å². The van der Waals surface area contributed by atoms with E-state index in [1.807, 2.05) is 72.8 Å². The molecule has 0 unspecified atom stereocenters. The summed E-state index contributed by atoms with van der Waals surface area (Å²) in [6.45, 7) is 3.90. The molecule has 0 bridgehead atoms. The summed E-state index contributed by atoms with van der Waals surface area (Å²) in [5.41, 5.74) is 6.47. The molecule has 12 nitrogen and oxygen atoms in total. The van der Waals surface area contributed by atoms with Crippen LogP contribution in [0.3, 0.4) is 0 Å². The van der Waals surface area contributed by atoms with Crippen LogP contribution in [0.2, 0.25) is 10.3 Å². The van der Waals surface area contributed by atoms with E-state index in [-0.39, 0.29) is 0 Å². The van der Waals surface area contributed by atoms with Crippen LogP contribution < -0.4 is 48.5 Å². The SMILES string of the molecule is COc1ccc(CCNCc2ccc(OCc3ccc(Cl)nc3)c(OC)c2)cc1OC.COc1ccc(CCNCc2ccc(OCc3ccc(Cl)nc3)c(OC)c2)cc1OC. The lowest BCUT2D eigenvalue weighted by molar-refractivity contribution is 0.284. The van der Waals surface area contributed by atoms with Crippen LogP contribution in [0.1, 0.15) is 33.4 Å². The maximum absolute atomic E-state index is 5.88. The number of nitrogens with zero attached hydrogens (tertiary/aromatic N) is 2. The lowest BCUT2D eigenvalue weighted by atomic mass is 10.1. The first kappa shape index (κ1) is 47.1. The zero-order chi connectivity index (χ0) is 44.1. The molecule has 0 atom stereocenters. The van der Waals surface area contributed by atoms with Crippen LogP contribution in [-0.2, 0) is 39.1 Å². The molecule has 0 spiro atoms. The molecule has 0 saturated carbocycles. The fourth-order valence-corrected chi connectivity index (χ4v) is 6.41. The van der Waals surface area contributed by atoms with Crippen molar-refractivity contribution in [1.82, 2.24) is 20.6 Å². The number of halogens is 2. The molecule has 2 aromatic heterocycles. The molecule has 0 aliphatic rings. The van der Waals surface area contributed by atoms with Crippen LogP contribution in [0.5, 0.6) is 46.0 Å². The first-order chi connectivity index (χ1) is 30.2. The Bertz CT molecular complexity index is 2120. The van der Waals surface area contributed by atoms with Crippen molar-refractivity contribution in [3.05, 3.63) is 153 Å². The number of rotatable bonds is 22. The van der Waals surface area contributed by atoms with Crippen LogP contribution in [-0.4, -0.2) is 65.7 Å². The van der Waals surface area contributed by atoms with Crippen molar-refractivity contribution >= 4 is 23.2 Å². The van der Waals surface area contributed by atoms with E-state index in [9.17, 15) is 0 Å². The predicted molar refractivity (Wildman–Crippen MR) is 243 cm³/mol. The van der Waals surface area contributed by atoms with Gasteiger partial charge in [0.1, 0.15) is 23.5 Å². The van der Waals surface area contributed by atoms with Gasteiger partial charge < -0.3 is 48.5 Å². The predicted octanol–water partition coefficient (Wildman–Crippen LogP) is 9.34. The fourth-order valence-electron chi connectivity index (χ4n) is 6.19. The molecule has 4 aromatic carbocycles. The van der Waals surface area contributed by atoms with E-state index in [1.165, 1.54) is 11.1 Å². The van der Waals surface area contributed by atoms with Crippen molar-refractivity contribution in [2.24, 2.45) is 0 Å². The van der Waals surface area contributed by atoms with Crippen molar-refractivity contribution in [1.29, 1.82) is 0 Å². The van der Waals surface area contributed by atoms with Crippen molar-refractivity contribution in [2.45, 2.75) is 39.1 Å². The highest BCUT2D eigenvalue weighted by atomic mass is 35.5. The minimum atomic E-state index is 0.392. The Morgan fingerprint density at radius 2 is 0.710 bits per heavy atom. The number of pyridine rings is 2. The van der Waals surface area contributed by atoms with Crippen LogP contribution >= 0.6 is 23.2 Å². The van der Waals surface area contributed by atoms with Gasteiger partial charge >= 0.3 is 0 Å². The third kappa shape index (κ3) is 14.6. The molecule has 0 aliphatic carbocycles. The average molecular weight is 886 g/mol. The van der Waals surface area contributed by atoms with Gasteiger partial charge in [-0.25, -0.2) is 9.97 Å². The highest BCUT2D eigenvalue weighted by molar-refractivity contribution is 6.29. The van der Waals surface area contributed by atoms with Crippen molar-refractivity contribution < 1.29 is 37.9 Å². The topological polar surface area (TPSA) is 124 Å². The normalized spacial score (nSPS) is 10.6. The number of aromatic nitrogens is 2. The molecule has 328 valence electrons. The molecule has 0 radical (unpaired) electrons. The lowest BCUT2D eigenvalue weighted by Gasteiger charge is -2.13. The minimum absolute atomic E-state index is 0.392. The summed E-state index contributed by atoms with van der Waals surface area (Å²) < 4.78 is 44.1. The largest absolute Gasteiger partial charge is 0.493 e. The standard InChI is InChI=1S/2C24H27ClN2O4/c2*1-28-20-7-4-17(12-22(20)29-2)10-11-26-14-18-5-8-21(23(13-18)30-3)31-16-19-6-9-24(25)27-15-19/h2*4-9,12-13,15,26H,10-11,14,16H2,1-3H3. The second-order valence-corrected chi connectivity index (χ2v) is 14.5. The lowest BCUT2D eigenvalue weighted by Crippen LogP contribution is -2.16. The summed E-state index contributed by atoms with van der Waals surface area (Å²) >= 11 is 11.6. The van der Waals surface area contributed by atoms with Gasteiger partial charge in [0, 0.05) is 36.6 Å². The van der Waals surface area contributed by atoms with Gasteiger partial charge in [-0.15, -0.1) is 0 Å². The highest BCUT2D eigenvalue weighted by Crippen LogP contribution is 2.31. The van der Waals surface area contributed by atoms with Gasteiger partial charge in [-0.3, -0.25) is 0 Å². The summed E-state index contributed by atoms with van der Waals surface area (Å²) in [6, 6.07) is 31.1. The summed E-state index contributed by atoms with van der Waals surface area (Å²) in [4.78, 5) is 8.13. The Morgan fingerprint density at radius 1 is 0.387 bits per heavy atom. The van der Waals surface area contributed by atoms with Crippen molar-refractivity contribution in [3.8, 4) is 46.0 Å². The summed E-state index contributed by atoms with van der Waals surface area (Å²) in [7, 11) is 9.84. The molecule has 0 amide bonds. The molecule has 6 rings (SSSR count). The molecule has 0 aliphatic heterocycles. The number of benzene rings is 4. The molecule has 0 saturated heterocycles. The fraction of sp³-hybridized carbons (Fsp3) is 0.292. The number of ether oxygens (including phenoxy) is 8. The van der Waals surface area contributed by atoms with Crippen molar-refractivity contribution in [2.75, 3.05) is 55.7 Å². The first-order valence-electron chi connectivity index (χ1n) is 19.9.